The summed E-state index contributed by atoms with van der Waals surface area (Å²) in [4.78, 5) is 11.1. The molecule has 3 nitrogen and oxygen atoms in total. The van der Waals surface area contributed by atoms with Gasteiger partial charge in [-0.25, -0.2) is 0 Å². The van der Waals surface area contributed by atoms with E-state index in [9.17, 15) is 4.79 Å². The van der Waals surface area contributed by atoms with E-state index in [1.54, 1.807) is 0 Å². The number of carbonyl (C=O) groups is 1. The van der Waals surface area contributed by atoms with Crippen molar-refractivity contribution in [3.63, 3.8) is 0 Å². The molecule has 0 heterocycles. The summed E-state index contributed by atoms with van der Waals surface area (Å²) in [5.74, 6) is 0.120. The molecule has 0 aliphatic carbocycles. The van der Waals surface area contributed by atoms with Crippen LogP contribution in [0.25, 0.3) is 0 Å². The molecule has 0 rings (SSSR count). The molecule has 0 spiro atoms. The number of rotatable bonds is 8. The molecule has 0 radical (unpaired) electrons. The number of hydrogen-bond acceptors (Lipinski definition) is 2. The van der Waals surface area contributed by atoms with Crippen molar-refractivity contribution in [3.05, 3.63) is 0 Å². The summed E-state index contributed by atoms with van der Waals surface area (Å²) >= 11 is 0. The first-order chi connectivity index (χ1) is 7.02. The van der Waals surface area contributed by atoms with Gasteiger partial charge in [-0.1, -0.05) is 20.3 Å². The minimum Gasteiger partial charge on any atom is -0.374 e. The molecule has 1 N–H and O–H groups in total. The summed E-state index contributed by atoms with van der Waals surface area (Å²) in [5.41, 5.74) is -0.0652. The summed E-state index contributed by atoms with van der Waals surface area (Å²) < 4.78 is 5.68. The number of hydrogen-bond donors (Lipinski definition) is 1. The molecule has 3 heteroatoms. The molecule has 0 fully saturated rings. The summed E-state index contributed by atoms with van der Waals surface area (Å²) in [7, 11) is 0. The Bertz CT molecular complexity index is 178. The van der Waals surface area contributed by atoms with Crippen molar-refractivity contribution in [2.45, 2.75) is 59.0 Å². The molecule has 15 heavy (non-hydrogen) atoms. The van der Waals surface area contributed by atoms with Gasteiger partial charge in [-0.05, 0) is 26.7 Å². The smallest absolute Gasteiger partial charge is 0.220 e. The average molecular weight is 215 g/mol. The van der Waals surface area contributed by atoms with Crippen molar-refractivity contribution < 1.29 is 9.53 Å². The lowest BCUT2D eigenvalue weighted by Crippen LogP contribution is -2.31. The fourth-order valence-electron chi connectivity index (χ4n) is 1.51. The second kappa shape index (κ2) is 7.69. The third kappa shape index (κ3) is 8.43. The van der Waals surface area contributed by atoms with Gasteiger partial charge in [0.25, 0.3) is 0 Å². The maximum atomic E-state index is 11.1. The van der Waals surface area contributed by atoms with Crippen LogP contribution in [0.2, 0.25) is 0 Å². The van der Waals surface area contributed by atoms with Crippen molar-refractivity contribution in [1.82, 2.24) is 5.32 Å². The summed E-state index contributed by atoms with van der Waals surface area (Å²) in [6.07, 6.45) is 3.68. The fraction of sp³-hybridized carbons (Fsp3) is 0.917. The molecular formula is C12H25NO2. The first kappa shape index (κ1) is 14.4. The maximum absolute atomic E-state index is 11.1. The first-order valence-electron chi connectivity index (χ1n) is 5.92. The number of nitrogens with one attached hydrogen (secondary N) is 1. The van der Waals surface area contributed by atoms with E-state index in [0.29, 0.717) is 19.6 Å². The van der Waals surface area contributed by atoms with Gasteiger partial charge < -0.3 is 10.1 Å². The van der Waals surface area contributed by atoms with Crippen molar-refractivity contribution in [3.8, 4) is 0 Å². The second-order valence-corrected chi connectivity index (χ2v) is 4.46. The Balaban J connectivity index is 3.49. The highest BCUT2D eigenvalue weighted by Gasteiger charge is 2.16. The Hall–Kier alpha value is -0.570. The molecule has 0 aromatic heterocycles. The Morgan fingerprint density at radius 2 is 1.93 bits per heavy atom. The van der Waals surface area contributed by atoms with E-state index in [0.717, 1.165) is 19.3 Å². The van der Waals surface area contributed by atoms with Crippen molar-refractivity contribution in [2.24, 2.45) is 0 Å². The summed E-state index contributed by atoms with van der Waals surface area (Å²) in [6.45, 7) is 9.54. The lowest BCUT2D eigenvalue weighted by molar-refractivity contribution is -0.121. The third-order valence-electron chi connectivity index (χ3n) is 2.25. The molecule has 0 atom stereocenters. The Morgan fingerprint density at radius 1 is 1.27 bits per heavy atom. The predicted molar refractivity (Wildman–Crippen MR) is 62.9 cm³/mol. The summed E-state index contributed by atoms with van der Waals surface area (Å²) in [6, 6.07) is 0. The average Bonchev–Trinajstić information content (AvgIpc) is 2.13. The molecule has 0 aromatic rings. The minimum atomic E-state index is -0.0652. The van der Waals surface area contributed by atoms with Gasteiger partial charge in [0.1, 0.15) is 0 Å². The van der Waals surface area contributed by atoms with E-state index in [2.05, 4.69) is 26.1 Å². The molecule has 90 valence electrons. The number of amides is 1. The second-order valence-electron chi connectivity index (χ2n) is 4.46. The molecule has 0 aromatic carbocycles. The zero-order valence-electron chi connectivity index (χ0n) is 10.6. The van der Waals surface area contributed by atoms with Crippen molar-refractivity contribution in [2.75, 3.05) is 13.2 Å². The molecule has 0 aliphatic heterocycles. The zero-order valence-corrected chi connectivity index (χ0v) is 10.6. The zero-order chi connectivity index (χ0) is 11.7. The van der Waals surface area contributed by atoms with Crippen LogP contribution >= 0.6 is 0 Å². The van der Waals surface area contributed by atoms with E-state index >= 15 is 0 Å². The van der Waals surface area contributed by atoms with Gasteiger partial charge in [0, 0.05) is 13.0 Å². The first-order valence-corrected chi connectivity index (χ1v) is 5.92. The summed E-state index contributed by atoms with van der Waals surface area (Å²) in [5, 5.41) is 2.83. The van der Waals surface area contributed by atoms with Gasteiger partial charge in [0.2, 0.25) is 5.91 Å². The molecule has 0 saturated heterocycles. The standard InChI is InChI=1S/C12H25NO2/c1-5-7-11(14)13-9-10-15-12(3,4)8-6-2/h5-10H2,1-4H3,(H,13,14). The van der Waals surface area contributed by atoms with E-state index in [1.807, 2.05) is 6.92 Å². The van der Waals surface area contributed by atoms with Crippen molar-refractivity contribution >= 4 is 5.91 Å². The Morgan fingerprint density at radius 3 is 2.47 bits per heavy atom. The van der Waals surface area contributed by atoms with Crippen LogP contribution in [0.1, 0.15) is 53.4 Å². The van der Waals surface area contributed by atoms with Crippen LogP contribution in [-0.2, 0) is 9.53 Å². The highest BCUT2D eigenvalue weighted by molar-refractivity contribution is 5.75. The van der Waals surface area contributed by atoms with Gasteiger partial charge in [-0.15, -0.1) is 0 Å². The van der Waals surface area contributed by atoms with E-state index in [4.69, 9.17) is 4.74 Å². The third-order valence-corrected chi connectivity index (χ3v) is 2.25. The van der Waals surface area contributed by atoms with E-state index in [-0.39, 0.29) is 11.5 Å². The van der Waals surface area contributed by atoms with Gasteiger partial charge in [-0.2, -0.15) is 0 Å². The Labute approximate surface area is 93.6 Å². The molecule has 1 amide bonds. The van der Waals surface area contributed by atoms with Crippen LogP contribution in [0.15, 0.2) is 0 Å². The largest absolute Gasteiger partial charge is 0.374 e. The topological polar surface area (TPSA) is 38.3 Å². The highest BCUT2D eigenvalue weighted by atomic mass is 16.5. The van der Waals surface area contributed by atoms with Gasteiger partial charge in [-0.3, -0.25) is 4.79 Å². The SMILES string of the molecule is CCCC(=O)NCCOC(C)(C)CCC. The highest BCUT2D eigenvalue weighted by Crippen LogP contribution is 2.15. The van der Waals surface area contributed by atoms with E-state index < -0.39 is 0 Å². The number of ether oxygens (including phenoxy) is 1. The lowest BCUT2D eigenvalue weighted by atomic mass is 10.0. The fourth-order valence-corrected chi connectivity index (χ4v) is 1.51. The molecule has 0 unspecified atom stereocenters. The van der Waals surface area contributed by atoms with Crippen LogP contribution < -0.4 is 5.32 Å². The Kier molecular flexibility index (Phi) is 7.39. The molecular weight excluding hydrogens is 190 g/mol. The molecule has 0 aliphatic rings. The van der Waals surface area contributed by atoms with Crippen LogP contribution in [0, 0.1) is 0 Å². The minimum absolute atomic E-state index is 0.0652. The lowest BCUT2D eigenvalue weighted by Gasteiger charge is -2.24. The van der Waals surface area contributed by atoms with Crippen LogP contribution in [-0.4, -0.2) is 24.7 Å². The molecule has 0 bridgehead atoms. The van der Waals surface area contributed by atoms with Crippen molar-refractivity contribution in [1.29, 1.82) is 0 Å². The normalized spacial score (nSPS) is 11.5. The van der Waals surface area contributed by atoms with Crippen LogP contribution in [0.4, 0.5) is 0 Å². The van der Waals surface area contributed by atoms with Crippen LogP contribution in [0.5, 0.6) is 0 Å². The monoisotopic (exact) mass is 215 g/mol. The van der Waals surface area contributed by atoms with Gasteiger partial charge in [0.15, 0.2) is 0 Å². The quantitative estimate of drug-likeness (QED) is 0.632. The van der Waals surface area contributed by atoms with Gasteiger partial charge in [0.05, 0.1) is 12.2 Å². The predicted octanol–water partition coefficient (Wildman–Crippen LogP) is 2.50. The molecule has 0 saturated carbocycles. The van der Waals surface area contributed by atoms with E-state index in [1.165, 1.54) is 0 Å². The maximum Gasteiger partial charge on any atom is 0.220 e. The van der Waals surface area contributed by atoms with Gasteiger partial charge >= 0.3 is 0 Å². The number of carbonyl (C=O) groups excluding carboxylic acids is 1. The van der Waals surface area contributed by atoms with Crippen LogP contribution in [0.3, 0.4) is 0 Å².